The minimum Gasteiger partial charge on any atom is -0.339 e. The van der Waals surface area contributed by atoms with Crippen molar-refractivity contribution in [3.8, 4) is 6.07 Å². The first-order valence-electron chi connectivity index (χ1n) is 4.33. The third-order valence-electron chi connectivity index (χ3n) is 1.94. The van der Waals surface area contributed by atoms with Crippen LogP contribution in [0.1, 0.15) is 30.3 Å². The lowest BCUT2D eigenvalue weighted by Gasteiger charge is -2.01. The van der Waals surface area contributed by atoms with Crippen molar-refractivity contribution >= 4 is 9.84 Å². The summed E-state index contributed by atoms with van der Waals surface area (Å²) in [5.74, 6) is 0.437. The van der Waals surface area contributed by atoms with Crippen LogP contribution in [0.15, 0.2) is 4.52 Å². The van der Waals surface area contributed by atoms with Crippen LogP contribution in [-0.4, -0.2) is 24.8 Å². The molecule has 0 spiro atoms. The quantitative estimate of drug-likeness (QED) is 0.751. The van der Waals surface area contributed by atoms with Crippen LogP contribution in [0.25, 0.3) is 0 Å². The molecule has 0 saturated carbocycles. The van der Waals surface area contributed by atoms with E-state index in [1.165, 1.54) is 6.92 Å². The van der Waals surface area contributed by atoms with E-state index in [0.29, 0.717) is 12.3 Å². The van der Waals surface area contributed by atoms with E-state index >= 15 is 0 Å². The lowest BCUT2D eigenvalue weighted by atomic mass is 10.3. The fourth-order valence-electron chi connectivity index (χ4n) is 0.889. The topological polar surface area (TPSA) is 96.8 Å². The number of aromatic nitrogens is 2. The van der Waals surface area contributed by atoms with Crippen LogP contribution in [0.2, 0.25) is 0 Å². The normalized spacial score (nSPS) is 13.4. The molecule has 0 aliphatic rings. The largest absolute Gasteiger partial charge is 0.339 e. The summed E-state index contributed by atoms with van der Waals surface area (Å²) in [5.41, 5.74) is 0. The maximum atomic E-state index is 11.2. The van der Waals surface area contributed by atoms with Gasteiger partial charge in [0.2, 0.25) is 5.89 Å². The van der Waals surface area contributed by atoms with E-state index in [0.717, 1.165) is 6.26 Å². The highest BCUT2D eigenvalue weighted by atomic mass is 32.2. The Morgan fingerprint density at radius 2 is 2.27 bits per heavy atom. The third-order valence-corrected chi connectivity index (χ3v) is 3.44. The summed E-state index contributed by atoms with van der Waals surface area (Å²) in [7, 11) is -3.21. The molecule has 0 aliphatic heterocycles. The van der Waals surface area contributed by atoms with E-state index in [1.54, 1.807) is 0 Å². The summed E-state index contributed by atoms with van der Waals surface area (Å²) >= 11 is 0. The Hall–Kier alpha value is -1.42. The molecule has 15 heavy (non-hydrogen) atoms. The molecule has 0 saturated heterocycles. The van der Waals surface area contributed by atoms with Crippen molar-refractivity contribution in [1.82, 2.24) is 10.1 Å². The van der Waals surface area contributed by atoms with Crippen molar-refractivity contribution in [1.29, 1.82) is 5.26 Å². The van der Waals surface area contributed by atoms with Gasteiger partial charge in [0.15, 0.2) is 15.7 Å². The predicted octanol–water partition coefficient (Wildman–Crippen LogP) is 0.631. The molecular weight excluding hydrogens is 218 g/mol. The van der Waals surface area contributed by atoms with Gasteiger partial charge in [-0.3, -0.25) is 0 Å². The Morgan fingerprint density at radius 1 is 1.60 bits per heavy atom. The monoisotopic (exact) mass is 229 g/mol. The van der Waals surface area contributed by atoms with Crippen LogP contribution >= 0.6 is 0 Å². The van der Waals surface area contributed by atoms with Crippen LogP contribution in [0.3, 0.4) is 0 Å². The van der Waals surface area contributed by atoms with Gasteiger partial charge in [-0.05, 0) is 6.92 Å². The van der Waals surface area contributed by atoms with Crippen LogP contribution in [0, 0.1) is 11.3 Å². The van der Waals surface area contributed by atoms with E-state index in [-0.39, 0.29) is 12.2 Å². The molecule has 1 unspecified atom stereocenters. The number of aryl methyl sites for hydroxylation is 1. The fraction of sp³-hybridized carbons (Fsp3) is 0.625. The predicted molar refractivity (Wildman–Crippen MR) is 51.5 cm³/mol. The first-order chi connectivity index (χ1) is 6.95. The SMILES string of the molecule is CC(c1noc(CCC#N)n1)S(C)(=O)=O. The first kappa shape index (κ1) is 11.7. The van der Waals surface area contributed by atoms with Gasteiger partial charge >= 0.3 is 0 Å². The second kappa shape index (κ2) is 4.40. The molecule has 6 nitrogen and oxygen atoms in total. The summed E-state index contributed by atoms with van der Waals surface area (Å²) in [6.45, 7) is 1.49. The van der Waals surface area contributed by atoms with Gasteiger partial charge in [-0.2, -0.15) is 10.2 Å². The highest BCUT2D eigenvalue weighted by Crippen LogP contribution is 2.17. The van der Waals surface area contributed by atoms with Gasteiger partial charge in [0.05, 0.1) is 6.07 Å². The smallest absolute Gasteiger partial charge is 0.227 e. The van der Waals surface area contributed by atoms with Crippen molar-refractivity contribution in [3.63, 3.8) is 0 Å². The second-order valence-electron chi connectivity index (χ2n) is 3.18. The summed E-state index contributed by atoms with van der Waals surface area (Å²) < 4.78 is 27.2. The fourth-order valence-corrected chi connectivity index (χ4v) is 1.37. The van der Waals surface area contributed by atoms with Gasteiger partial charge in [0.1, 0.15) is 5.25 Å². The Bertz CT molecular complexity index is 472. The number of nitriles is 1. The summed E-state index contributed by atoms with van der Waals surface area (Å²) in [4.78, 5) is 3.91. The molecule has 0 fully saturated rings. The van der Waals surface area contributed by atoms with E-state index in [2.05, 4.69) is 10.1 Å². The molecule has 0 N–H and O–H groups in total. The number of hydrogen-bond donors (Lipinski definition) is 0. The van der Waals surface area contributed by atoms with Crippen LogP contribution < -0.4 is 0 Å². The average molecular weight is 229 g/mol. The molecule has 0 aromatic carbocycles. The highest BCUT2D eigenvalue weighted by molar-refractivity contribution is 7.90. The van der Waals surface area contributed by atoms with E-state index < -0.39 is 15.1 Å². The molecule has 0 aliphatic carbocycles. The zero-order chi connectivity index (χ0) is 11.5. The summed E-state index contributed by atoms with van der Waals surface area (Å²) in [6.07, 6.45) is 1.73. The lowest BCUT2D eigenvalue weighted by molar-refractivity contribution is 0.373. The van der Waals surface area contributed by atoms with Crippen molar-refractivity contribution < 1.29 is 12.9 Å². The summed E-state index contributed by atoms with van der Waals surface area (Å²) in [5, 5.41) is 11.1. The Balaban J connectivity index is 2.81. The van der Waals surface area contributed by atoms with Crippen molar-refractivity contribution in [2.45, 2.75) is 25.0 Å². The Labute approximate surface area is 87.8 Å². The molecule has 1 atom stereocenters. The summed E-state index contributed by atoms with van der Waals surface area (Å²) in [6, 6.07) is 1.94. The van der Waals surface area contributed by atoms with E-state index in [4.69, 9.17) is 9.78 Å². The van der Waals surface area contributed by atoms with Gasteiger partial charge in [-0.15, -0.1) is 0 Å². The molecule has 1 aromatic heterocycles. The highest BCUT2D eigenvalue weighted by Gasteiger charge is 2.22. The Kier molecular flexibility index (Phi) is 3.42. The number of sulfone groups is 1. The number of nitrogens with zero attached hydrogens (tertiary/aromatic N) is 3. The molecule has 1 heterocycles. The number of rotatable bonds is 4. The minimum absolute atomic E-state index is 0.144. The second-order valence-corrected chi connectivity index (χ2v) is 5.54. The van der Waals surface area contributed by atoms with Crippen molar-refractivity contribution in [3.05, 3.63) is 11.7 Å². The van der Waals surface area contributed by atoms with Gasteiger partial charge in [-0.25, -0.2) is 8.42 Å². The third kappa shape index (κ3) is 3.02. The average Bonchev–Trinajstić information content (AvgIpc) is 2.60. The number of hydrogen-bond acceptors (Lipinski definition) is 6. The molecule has 1 rings (SSSR count). The van der Waals surface area contributed by atoms with Crippen molar-refractivity contribution in [2.24, 2.45) is 0 Å². The van der Waals surface area contributed by atoms with Gasteiger partial charge in [-0.1, -0.05) is 5.16 Å². The standard InChI is InChI=1S/C8H11N3O3S/c1-6(15(2,12)13)8-10-7(14-11-8)4-3-5-9/h6H,3-4H2,1-2H3. The molecule has 0 bridgehead atoms. The Morgan fingerprint density at radius 3 is 2.80 bits per heavy atom. The molecule has 0 amide bonds. The molecular formula is C8H11N3O3S. The zero-order valence-electron chi connectivity index (χ0n) is 8.47. The molecule has 1 aromatic rings. The van der Waals surface area contributed by atoms with Gasteiger partial charge in [0, 0.05) is 19.1 Å². The van der Waals surface area contributed by atoms with E-state index in [1.807, 2.05) is 6.07 Å². The van der Waals surface area contributed by atoms with Crippen LogP contribution in [0.4, 0.5) is 0 Å². The van der Waals surface area contributed by atoms with Crippen LogP contribution in [0.5, 0.6) is 0 Å². The maximum absolute atomic E-state index is 11.2. The lowest BCUT2D eigenvalue weighted by Crippen LogP contribution is -2.09. The zero-order valence-corrected chi connectivity index (χ0v) is 9.28. The van der Waals surface area contributed by atoms with Gasteiger partial charge < -0.3 is 4.52 Å². The minimum atomic E-state index is -3.21. The van der Waals surface area contributed by atoms with E-state index in [9.17, 15) is 8.42 Å². The van der Waals surface area contributed by atoms with Crippen molar-refractivity contribution in [2.75, 3.05) is 6.26 Å². The first-order valence-corrected chi connectivity index (χ1v) is 6.29. The van der Waals surface area contributed by atoms with Crippen LogP contribution in [-0.2, 0) is 16.3 Å². The van der Waals surface area contributed by atoms with Gasteiger partial charge in [0.25, 0.3) is 0 Å². The maximum Gasteiger partial charge on any atom is 0.227 e. The molecule has 82 valence electrons. The molecule has 7 heteroatoms. The molecule has 0 radical (unpaired) electrons.